The van der Waals surface area contributed by atoms with E-state index in [0.717, 1.165) is 41.0 Å². The maximum absolute atomic E-state index is 6.23. The lowest BCUT2D eigenvalue weighted by molar-refractivity contribution is -0.0657. The molecule has 1 spiro atoms. The van der Waals surface area contributed by atoms with Crippen LogP contribution in [0.3, 0.4) is 0 Å². The van der Waals surface area contributed by atoms with Gasteiger partial charge in [0, 0.05) is 22.5 Å². The molecule has 16 heavy (non-hydrogen) atoms. The molecule has 1 atom stereocenters. The van der Waals surface area contributed by atoms with Crippen LogP contribution >= 0.6 is 15.9 Å². The fourth-order valence-electron chi connectivity index (χ4n) is 3.15. The highest BCUT2D eigenvalue weighted by Gasteiger charge is 2.48. The van der Waals surface area contributed by atoms with E-state index in [-0.39, 0.29) is 11.6 Å². The van der Waals surface area contributed by atoms with Gasteiger partial charge in [0.05, 0.1) is 0 Å². The number of benzene rings is 1. The van der Waals surface area contributed by atoms with E-state index in [2.05, 4.69) is 28.9 Å². The van der Waals surface area contributed by atoms with E-state index in [9.17, 15) is 0 Å². The Balaban J connectivity index is 1.95. The molecule has 0 saturated heterocycles. The van der Waals surface area contributed by atoms with Crippen molar-refractivity contribution in [1.82, 2.24) is 0 Å². The summed E-state index contributed by atoms with van der Waals surface area (Å²) in [4.78, 5) is 0. The van der Waals surface area contributed by atoms with Crippen molar-refractivity contribution in [2.45, 2.75) is 37.8 Å². The average Bonchev–Trinajstić information content (AvgIpc) is 2.14. The summed E-state index contributed by atoms with van der Waals surface area (Å²) in [6.07, 6.45) is 3.26. The van der Waals surface area contributed by atoms with Crippen LogP contribution in [0.5, 0.6) is 5.75 Å². The van der Waals surface area contributed by atoms with E-state index in [1.165, 1.54) is 0 Å². The summed E-state index contributed by atoms with van der Waals surface area (Å²) in [6, 6.07) is 6.27. The third kappa shape index (κ3) is 1.57. The van der Waals surface area contributed by atoms with Gasteiger partial charge in [-0.25, -0.2) is 0 Å². The molecular weight excluding hydrogens is 266 g/mol. The largest absolute Gasteiger partial charge is 0.487 e. The highest BCUT2D eigenvalue weighted by atomic mass is 79.9. The molecule has 1 heterocycles. The lowest BCUT2D eigenvalue weighted by Crippen LogP contribution is -2.52. The van der Waals surface area contributed by atoms with Crippen molar-refractivity contribution in [1.29, 1.82) is 0 Å². The minimum atomic E-state index is 0.0344. The van der Waals surface area contributed by atoms with Crippen LogP contribution in [0.1, 0.15) is 37.8 Å². The predicted octanol–water partition coefficient (Wildman–Crippen LogP) is 3.40. The molecule has 0 aromatic heterocycles. The molecule has 1 aromatic carbocycles. The van der Waals surface area contributed by atoms with Gasteiger partial charge in [-0.2, -0.15) is 0 Å². The van der Waals surface area contributed by atoms with E-state index in [1.54, 1.807) is 0 Å². The SMILES string of the molecule is CC1CC2(C1)CC(N)c1ccc(Br)cc1O2. The average molecular weight is 282 g/mol. The van der Waals surface area contributed by atoms with Crippen molar-refractivity contribution in [3.8, 4) is 5.75 Å². The summed E-state index contributed by atoms with van der Waals surface area (Å²) in [5.74, 6) is 1.75. The van der Waals surface area contributed by atoms with Gasteiger partial charge in [-0.3, -0.25) is 0 Å². The third-order valence-corrected chi connectivity index (χ3v) is 4.23. The molecule has 86 valence electrons. The summed E-state index contributed by atoms with van der Waals surface area (Å²) < 4.78 is 7.23. The zero-order chi connectivity index (χ0) is 11.3. The van der Waals surface area contributed by atoms with Gasteiger partial charge in [-0.1, -0.05) is 28.9 Å². The van der Waals surface area contributed by atoms with Crippen LogP contribution in [0.2, 0.25) is 0 Å². The Morgan fingerprint density at radius 3 is 2.81 bits per heavy atom. The summed E-state index contributed by atoms with van der Waals surface area (Å²) in [6.45, 7) is 2.27. The summed E-state index contributed by atoms with van der Waals surface area (Å²) in [5, 5.41) is 0. The molecule has 1 aliphatic heterocycles. The number of ether oxygens (including phenoxy) is 1. The molecule has 1 aliphatic carbocycles. The van der Waals surface area contributed by atoms with E-state index in [4.69, 9.17) is 10.5 Å². The summed E-state index contributed by atoms with van der Waals surface area (Å²) in [5.41, 5.74) is 7.41. The van der Waals surface area contributed by atoms with Gasteiger partial charge >= 0.3 is 0 Å². The van der Waals surface area contributed by atoms with Gasteiger partial charge in [-0.15, -0.1) is 0 Å². The Morgan fingerprint density at radius 2 is 2.12 bits per heavy atom. The number of fused-ring (bicyclic) bond motifs is 1. The van der Waals surface area contributed by atoms with E-state index in [0.29, 0.717) is 0 Å². The first-order chi connectivity index (χ1) is 7.58. The third-order valence-electron chi connectivity index (χ3n) is 3.73. The number of halogens is 1. The molecule has 1 fully saturated rings. The lowest BCUT2D eigenvalue weighted by atomic mass is 9.67. The van der Waals surface area contributed by atoms with Gasteiger partial charge in [0.15, 0.2) is 0 Å². The van der Waals surface area contributed by atoms with Gasteiger partial charge in [0.25, 0.3) is 0 Å². The second-order valence-electron chi connectivity index (χ2n) is 5.29. The van der Waals surface area contributed by atoms with Crippen molar-refractivity contribution in [2.75, 3.05) is 0 Å². The maximum Gasteiger partial charge on any atom is 0.126 e. The zero-order valence-electron chi connectivity index (χ0n) is 9.37. The van der Waals surface area contributed by atoms with Crippen LogP contribution in [0, 0.1) is 5.92 Å². The summed E-state index contributed by atoms with van der Waals surface area (Å²) >= 11 is 3.48. The van der Waals surface area contributed by atoms with Crippen LogP contribution in [-0.2, 0) is 0 Å². The van der Waals surface area contributed by atoms with Gasteiger partial charge in [0.2, 0.25) is 0 Å². The Kier molecular flexibility index (Phi) is 2.30. The van der Waals surface area contributed by atoms with E-state index < -0.39 is 0 Å². The molecule has 2 nitrogen and oxygen atoms in total. The predicted molar refractivity (Wildman–Crippen MR) is 67.4 cm³/mol. The smallest absolute Gasteiger partial charge is 0.126 e. The molecule has 1 unspecified atom stereocenters. The minimum Gasteiger partial charge on any atom is -0.487 e. The molecule has 2 N–H and O–H groups in total. The quantitative estimate of drug-likeness (QED) is 0.791. The molecular formula is C13H16BrNO. The first-order valence-electron chi connectivity index (χ1n) is 5.82. The van der Waals surface area contributed by atoms with E-state index >= 15 is 0 Å². The van der Waals surface area contributed by atoms with Gasteiger partial charge in [-0.05, 0) is 30.9 Å². The molecule has 0 amide bonds. The summed E-state index contributed by atoms with van der Waals surface area (Å²) in [7, 11) is 0. The minimum absolute atomic E-state index is 0.0344. The topological polar surface area (TPSA) is 35.2 Å². The molecule has 1 saturated carbocycles. The molecule has 0 radical (unpaired) electrons. The monoisotopic (exact) mass is 281 g/mol. The highest BCUT2D eigenvalue weighted by molar-refractivity contribution is 9.10. The molecule has 0 bridgehead atoms. The highest BCUT2D eigenvalue weighted by Crippen LogP contribution is 2.50. The Labute approximate surface area is 104 Å². The van der Waals surface area contributed by atoms with Crippen molar-refractivity contribution in [3.05, 3.63) is 28.2 Å². The zero-order valence-corrected chi connectivity index (χ0v) is 11.0. The number of rotatable bonds is 0. The fourth-order valence-corrected chi connectivity index (χ4v) is 3.49. The van der Waals surface area contributed by atoms with Gasteiger partial charge in [0.1, 0.15) is 11.4 Å². The standard InChI is InChI=1S/C13H16BrNO/c1-8-5-13(6-8)7-11(15)10-3-2-9(14)4-12(10)16-13/h2-4,8,11H,5-7,15H2,1H3. The van der Waals surface area contributed by atoms with Crippen LogP contribution in [0.15, 0.2) is 22.7 Å². The normalized spacial score (nSPS) is 36.4. The van der Waals surface area contributed by atoms with Gasteiger partial charge < -0.3 is 10.5 Å². The second-order valence-corrected chi connectivity index (χ2v) is 6.21. The van der Waals surface area contributed by atoms with Crippen LogP contribution in [0.4, 0.5) is 0 Å². The van der Waals surface area contributed by atoms with Crippen molar-refractivity contribution in [3.63, 3.8) is 0 Å². The van der Waals surface area contributed by atoms with Crippen LogP contribution in [0.25, 0.3) is 0 Å². The van der Waals surface area contributed by atoms with Crippen molar-refractivity contribution < 1.29 is 4.74 Å². The Hall–Kier alpha value is -0.540. The van der Waals surface area contributed by atoms with Crippen LogP contribution in [-0.4, -0.2) is 5.60 Å². The first-order valence-corrected chi connectivity index (χ1v) is 6.61. The van der Waals surface area contributed by atoms with Crippen LogP contribution < -0.4 is 10.5 Å². The van der Waals surface area contributed by atoms with Crippen molar-refractivity contribution >= 4 is 15.9 Å². The second kappa shape index (κ2) is 3.47. The Morgan fingerprint density at radius 1 is 1.38 bits per heavy atom. The lowest BCUT2D eigenvalue weighted by Gasteiger charge is -2.50. The number of hydrogen-bond acceptors (Lipinski definition) is 2. The van der Waals surface area contributed by atoms with E-state index in [1.807, 2.05) is 12.1 Å². The first kappa shape index (κ1) is 10.6. The number of nitrogens with two attached hydrogens (primary N) is 1. The molecule has 1 aromatic rings. The molecule has 3 rings (SSSR count). The molecule has 3 heteroatoms. The molecule has 2 aliphatic rings. The fraction of sp³-hybridized carbons (Fsp3) is 0.538. The van der Waals surface area contributed by atoms with Crippen molar-refractivity contribution in [2.24, 2.45) is 11.7 Å². The number of hydrogen-bond donors (Lipinski definition) is 1. The Bertz CT molecular complexity index is 426. The maximum atomic E-state index is 6.23.